The van der Waals surface area contributed by atoms with E-state index in [-0.39, 0.29) is 5.56 Å². The molecule has 2 rings (SSSR count). The quantitative estimate of drug-likeness (QED) is 0.697. The topological polar surface area (TPSA) is 86.5 Å². The van der Waals surface area contributed by atoms with Gasteiger partial charge in [0.1, 0.15) is 17.5 Å². The summed E-state index contributed by atoms with van der Waals surface area (Å²) in [6.07, 6.45) is 4.26. The van der Waals surface area contributed by atoms with Gasteiger partial charge in [-0.15, -0.1) is 0 Å². The highest BCUT2D eigenvalue weighted by atomic mass is 16.1. The predicted octanol–water partition coefficient (Wildman–Crippen LogP) is 0.456. The molecule has 0 aliphatic carbocycles. The Morgan fingerprint density at radius 3 is 3.06 bits per heavy atom. The minimum Gasteiger partial charge on any atom is -0.369 e. The molecule has 0 unspecified atom stereocenters. The maximum atomic E-state index is 11.1. The van der Waals surface area contributed by atoms with Crippen LogP contribution in [0.25, 0.3) is 0 Å². The monoisotopic (exact) mass is 219 g/mol. The van der Waals surface area contributed by atoms with Crippen LogP contribution in [0.1, 0.15) is 11.6 Å². The fourth-order valence-electron chi connectivity index (χ4n) is 1.41. The summed E-state index contributed by atoms with van der Waals surface area (Å²) < 4.78 is 0. The number of aromatic nitrogens is 4. The Labute approximate surface area is 92.2 Å². The number of anilines is 1. The molecule has 0 bridgehead atoms. The number of aromatic amines is 2. The minimum atomic E-state index is -0.145. The second-order valence-corrected chi connectivity index (χ2v) is 3.43. The summed E-state index contributed by atoms with van der Waals surface area (Å²) in [6, 6.07) is 1.44. The molecule has 0 aliphatic heterocycles. The summed E-state index contributed by atoms with van der Waals surface area (Å²) in [5, 5.41) is 3.07. The summed E-state index contributed by atoms with van der Waals surface area (Å²) in [6.45, 7) is 2.43. The van der Waals surface area contributed by atoms with Crippen molar-refractivity contribution in [1.82, 2.24) is 19.9 Å². The fraction of sp³-hybridized carbons (Fsp3) is 0.300. The first-order chi connectivity index (χ1) is 7.74. The second kappa shape index (κ2) is 4.61. The van der Waals surface area contributed by atoms with Gasteiger partial charge in [-0.1, -0.05) is 0 Å². The standard InChI is InChI=1S/C10H13N5O/c1-7-14-9(6-10(16)15-7)11-3-2-8-12-4-5-13-8/h4-6H,2-3H2,1H3,(H,12,13)(H2,11,14,15,16). The number of hydrogen-bond acceptors (Lipinski definition) is 4. The van der Waals surface area contributed by atoms with Crippen molar-refractivity contribution in [2.24, 2.45) is 0 Å². The number of hydrogen-bond donors (Lipinski definition) is 3. The summed E-state index contributed by atoms with van der Waals surface area (Å²) >= 11 is 0. The fourth-order valence-corrected chi connectivity index (χ4v) is 1.41. The molecule has 0 saturated carbocycles. The van der Waals surface area contributed by atoms with Gasteiger partial charge in [0.2, 0.25) is 0 Å². The van der Waals surface area contributed by atoms with Crippen molar-refractivity contribution in [2.75, 3.05) is 11.9 Å². The summed E-state index contributed by atoms with van der Waals surface area (Å²) in [5.41, 5.74) is -0.145. The van der Waals surface area contributed by atoms with Crippen LogP contribution in [0.2, 0.25) is 0 Å². The van der Waals surface area contributed by atoms with Crippen LogP contribution in [0, 0.1) is 6.92 Å². The van der Waals surface area contributed by atoms with E-state index < -0.39 is 0 Å². The van der Waals surface area contributed by atoms with Crippen molar-refractivity contribution >= 4 is 5.82 Å². The van der Waals surface area contributed by atoms with Crippen LogP contribution in [-0.2, 0) is 6.42 Å². The Kier molecular flexibility index (Phi) is 3.00. The normalized spacial score (nSPS) is 10.3. The van der Waals surface area contributed by atoms with Gasteiger partial charge < -0.3 is 15.3 Å². The van der Waals surface area contributed by atoms with E-state index in [2.05, 4.69) is 25.3 Å². The van der Waals surface area contributed by atoms with Crippen LogP contribution in [-0.4, -0.2) is 26.5 Å². The third-order valence-corrected chi connectivity index (χ3v) is 2.08. The van der Waals surface area contributed by atoms with E-state index in [1.165, 1.54) is 6.07 Å². The Morgan fingerprint density at radius 2 is 2.38 bits per heavy atom. The molecule has 0 fully saturated rings. The van der Waals surface area contributed by atoms with Crippen LogP contribution in [0.4, 0.5) is 5.82 Å². The molecule has 0 aromatic carbocycles. The van der Waals surface area contributed by atoms with E-state index in [1.807, 2.05) is 0 Å². The van der Waals surface area contributed by atoms with Crippen molar-refractivity contribution in [3.63, 3.8) is 0 Å². The van der Waals surface area contributed by atoms with Gasteiger partial charge in [0.15, 0.2) is 0 Å². The first kappa shape index (κ1) is 10.4. The van der Waals surface area contributed by atoms with Gasteiger partial charge >= 0.3 is 0 Å². The van der Waals surface area contributed by atoms with Crippen molar-refractivity contribution < 1.29 is 0 Å². The van der Waals surface area contributed by atoms with Crippen molar-refractivity contribution in [3.8, 4) is 0 Å². The van der Waals surface area contributed by atoms with Crippen molar-refractivity contribution in [1.29, 1.82) is 0 Å². The first-order valence-corrected chi connectivity index (χ1v) is 5.04. The lowest BCUT2D eigenvalue weighted by molar-refractivity contribution is 0.912. The highest BCUT2D eigenvalue weighted by Crippen LogP contribution is 1.98. The van der Waals surface area contributed by atoms with Crippen molar-refractivity contribution in [3.05, 3.63) is 40.5 Å². The van der Waals surface area contributed by atoms with E-state index in [4.69, 9.17) is 0 Å². The second-order valence-electron chi connectivity index (χ2n) is 3.43. The third kappa shape index (κ3) is 2.69. The molecule has 0 saturated heterocycles. The molecule has 0 amide bonds. The van der Waals surface area contributed by atoms with E-state index in [0.717, 1.165) is 12.2 Å². The smallest absolute Gasteiger partial charge is 0.252 e. The average Bonchev–Trinajstić information content (AvgIpc) is 2.69. The highest BCUT2D eigenvalue weighted by Gasteiger charge is 1.98. The van der Waals surface area contributed by atoms with E-state index in [9.17, 15) is 4.79 Å². The van der Waals surface area contributed by atoms with Crippen LogP contribution >= 0.6 is 0 Å². The Hall–Kier alpha value is -2.11. The average molecular weight is 219 g/mol. The molecule has 3 N–H and O–H groups in total. The minimum absolute atomic E-state index is 0.145. The van der Waals surface area contributed by atoms with Gasteiger partial charge in [0, 0.05) is 31.4 Å². The molecule has 6 nitrogen and oxygen atoms in total. The van der Waals surface area contributed by atoms with Gasteiger partial charge in [0.25, 0.3) is 5.56 Å². The van der Waals surface area contributed by atoms with Crippen molar-refractivity contribution in [2.45, 2.75) is 13.3 Å². The Morgan fingerprint density at radius 1 is 1.50 bits per heavy atom. The first-order valence-electron chi connectivity index (χ1n) is 5.04. The molecule has 6 heteroatoms. The summed E-state index contributed by atoms with van der Waals surface area (Å²) in [7, 11) is 0. The SMILES string of the molecule is Cc1nc(NCCc2ncc[nH]2)cc(=O)[nH]1. The molecule has 16 heavy (non-hydrogen) atoms. The lowest BCUT2D eigenvalue weighted by Crippen LogP contribution is -2.13. The Bertz CT molecular complexity index is 502. The summed E-state index contributed by atoms with van der Waals surface area (Å²) in [4.78, 5) is 25.0. The molecule has 0 radical (unpaired) electrons. The van der Waals surface area contributed by atoms with E-state index in [1.54, 1.807) is 19.3 Å². The molecule has 2 heterocycles. The lowest BCUT2D eigenvalue weighted by atomic mass is 10.4. The maximum Gasteiger partial charge on any atom is 0.252 e. The van der Waals surface area contributed by atoms with Gasteiger partial charge in [-0.3, -0.25) is 4.79 Å². The molecule has 2 aromatic heterocycles. The van der Waals surface area contributed by atoms with Gasteiger partial charge in [-0.2, -0.15) is 0 Å². The largest absolute Gasteiger partial charge is 0.369 e. The number of nitrogens with one attached hydrogen (secondary N) is 3. The zero-order valence-electron chi connectivity index (χ0n) is 8.95. The van der Waals surface area contributed by atoms with Crippen LogP contribution in [0.15, 0.2) is 23.3 Å². The number of imidazole rings is 1. The zero-order valence-corrected chi connectivity index (χ0v) is 8.95. The number of rotatable bonds is 4. The molecule has 84 valence electrons. The van der Waals surface area contributed by atoms with Crippen LogP contribution < -0.4 is 10.9 Å². The van der Waals surface area contributed by atoms with Gasteiger partial charge in [-0.25, -0.2) is 9.97 Å². The van der Waals surface area contributed by atoms with Crippen LogP contribution in [0.3, 0.4) is 0 Å². The highest BCUT2D eigenvalue weighted by molar-refractivity contribution is 5.32. The third-order valence-electron chi connectivity index (χ3n) is 2.08. The molecule has 2 aromatic rings. The molecular formula is C10H13N5O. The Balaban J connectivity index is 1.92. The van der Waals surface area contributed by atoms with E-state index >= 15 is 0 Å². The van der Waals surface area contributed by atoms with Gasteiger partial charge in [-0.05, 0) is 6.92 Å². The molecule has 0 spiro atoms. The molecular weight excluding hydrogens is 206 g/mol. The number of aryl methyl sites for hydroxylation is 1. The number of nitrogens with zero attached hydrogens (tertiary/aromatic N) is 2. The van der Waals surface area contributed by atoms with Gasteiger partial charge in [0.05, 0.1) is 0 Å². The summed E-state index contributed by atoms with van der Waals surface area (Å²) in [5.74, 6) is 2.11. The maximum absolute atomic E-state index is 11.1. The van der Waals surface area contributed by atoms with Crippen LogP contribution in [0.5, 0.6) is 0 Å². The molecule has 0 aliphatic rings. The lowest BCUT2D eigenvalue weighted by Gasteiger charge is -2.04. The number of H-pyrrole nitrogens is 2. The molecule has 0 atom stereocenters. The zero-order chi connectivity index (χ0) is 11.4. The predicted molar refractivity (Wildman–Crippen MR) is 60.4 cm³/mol. The van der Waals surface area contributed by atoms with E-state index in [0.29, 0.717) is 18.2 Å².